The van der Waals surface area contributed by atoms with Crippen molar-refractivity contribution < 1.29 is 32.1 Å². The number of halogens is 3. The second-order valence-corrected chi connectivity index (χ2v) is 4.89. The number of benzene rings is 2. The van der Waals surface area contributed by atoms with E-state index in [2.05, 4.69) is 4.74 Å². The number of nitrogens with two attached hydrogens (primary N) is 1. The minimum atomic E-state index is -4.82. The van der Waals surface area contributed by atoms with Crippen LogP contribution in [0.5, 0.6) is 23.0 Å². The average Bonchev–Trinajstić information content (AvgIpc) is 2.58. The summed E-state index contributed by atoms with van der Waals surface area (Å²) in [6.07, 6.45) is -4.82. The van der Waals surface area contributed by atoms with Crippen LogP contribution in [-0.4, -0.2) is 33.7 Å². The van der Waals surface area contributed by atoms with Crippen molar-refractivity contribution in [2.24, 2.45) is 5.73 Å². The van der Waals surface area contributed by atoms with Crippen molar-refractivity contribution in [2.45, 2.75) is 6.36 Å². The largest absolute Gasteiger partial charge is 0.573 e. The summed E-state index contributed by atoms with van der Waals surface area (Å²) < 4.78 is 57.5. The molecule has 0 amide bonds. The molecule has 2 aromatic carbocycles. The minimum Gasteiger partial charge on any atom is -0.493 e. The van der Waals surface area contributed by atoms with Crippen molar-refractivity contribution in [1.29, 1.82) is 0 Å². The maximum Gasteiger partial charge on any atom is 0.573 e. The van der Waals surface area contributed by atoms with Crippen LogP contribution in [0.2, 0.25) is 0 Å². The van der Waals surface area contributed by atoms with Crippen LogP contribution in [0.1, 0.15) is 0 Å². The number of hydrogen-bond donors (Lipinski definition) is 1. The van der Waals surface area contributed by atoms with E-state index >= 15 is 0 Å². The molecule has 0 spiro atoms. The Hall–Kier alpha value is -2.61. The Morgan fingerprint density at radius 3 is 2.32 bits per heavy atom. The Labute approximate surface area is 143 Å². The topological polar surface area (TPSA) is 62.9 Å². The van der Waals surface area contributed by atoms with Crippen LogP contribution in [0.15, 0.2) is 36.4 Å². The SMILES string of the molecule is COc1cccc(-c2ccc(OC(F)(F)F)c(OCCN)c2)c1OC. The lowest BCUT2D eigenvalue weighted by Crippen LogP contribution is -2.18. The Morgan fingerprint density at radius 2 is 1.72 bits per heavy atom. The van der Waals surface area contributed by atoms with Crippen LogP contribution >= 0.6 is 0 Å². The van der Waals surface area contributed by atoms with Gasteiger partial charge in [0.15, 0.2) is 23.0 Å². The number of alkyl halides is 3. The standard InChI is InChI=1S/C17H18F3NO4/c1-22-14-5-3-4-12(16(14)23-2)11-6-7-13(25-17(18,19)20)15(10-11)24-9-8-21/h3-7,10H,8-9,21H2,1-2H3. The predicted molar refractivity (Wildman–Crippen MR) is 86.2 cm³/mol. The first kappa shape index (κ1) is 18.7. The van der Waals surface area contributed by atoms with Gasteiger partial charge in [-0.05, 0) is 23.8 Å². The van der Waals surface area contributed by atoms with E-state index in [1.54, 1.807) is 18.2 Å². The molecule has 2 aromatic rings. The molecule has 0 fully saturated rings. The minimum absolute atomic E-state index is 0.0485. The third kappa shape index (κ3) is 4.69. The second-order valence-electron chi connectivity index (χ2n) is 4.89. The van der Waals surface area contributed by atoms with Gasteiger partial charge < -0.3 is 24.7 Å². The average molecular weight is 357 g/mol. The zero-order valence-corrected chi connectivity index (χ0v) is 13.7. The van der Waals surface area contributed by atoms with Crippen molar-refractivity contribution >= 4 is 0 Å². The van der Waals surface area contributed by atoms with E-state index in [9.17, 15) is 13.2 Å². The van der Waals surface area contributed by atoms with Crippen LogP contribution in [-0.2, 0) is 0 Å². The van der Waals surface area contributed by atoms with Gasteiger partial charge in [-0.2, -0.15) is 0 Å². The molecule has 0 aromatic heterocycles. The molecule has 0 bridgehead atoms. The van der Waals surface area contributed by atoms with Crippen LogP contribution in [0.3, 0.4) is 0 Å². The van der Waals surface area contributed by atoms with Gasteiger partial charge in [0.25, 0.3) is 0 Å². The Morgan fingerprint density at radius 1 is 0.960 bits per heavy atom. The van der Waals surface area contributed by atoms with E-state index in [0.717, 1.165) is 0 Å². The molecule has 5 nitrogen and oxygen atoms in total. The van der Waals surface area contributed by atoms with Gasteiger partial charge in [0.05, 0.1) is 14.2 Å². The van der Waals surface area contributed by atoms with E-state index in [-0.39, 0.29) is 18.9 Å². The van der Waals surface area contributed by atoms with E-state index in [1.807, 2.05) is 0 Å². The summed E-state index contributed by atoms with van der Waals surface area (Å²) in [5, 5.41) is 0. The normalized spacial score (nSPS) is 11.1. The van der Waals surface area contributed by atoms with Gasteiger partial charge in [0.2, 0.25) is 0 Å². The molecule has 2 rings (SSSR count). The summed E-state index contributed by atoms with van der Waals surface area (Å²) in [5.41, 5.74) is 6.58. The van der Waals surface area contributed by atoms with Crippen molar-refractivity contribution in [3.8, 4) is 34.1 Å². The molecular weight excluding hydrogens is 339 g/mol. The first-order valence-corrected chi connectivity index (χ1v) is 7.33. The first-order chi connectivity index (χ1) is 11.9. The van der Waals surface area contributed by atoms with Crippen molar-refractivity contribution in [3.05, 3.63) is 36.4 Å². The molecule has 0 aliphatic rings. The van der Waals surface area contributed by atoms with E-state index in [0.29, 0.717) is 22.6 Å². The fraction of sp³-hybridized carbons (Fsp3) is 0.294. The highest BCUT2D eigenvalue weighted by molar-refractivity contribution is 5.75. The molecule has 2 N–H and O–H groups in total. The second kappa shape index (κ2) is 7.98. The molecule has 136 valence electrons. The first-order valence-electron chi connectivity index (χ1n) is 7.33. The number of hydrogen-bond acceptors (Lipinski definition) is 5. The fourth-order valence-corrected chi connectivity index (χ4v) is 2.28. The molecule has 0 saturated heterocycles. The maximum atomic E-state index is 12.5. The smallest absolute Gasteiger partial charge is 0.493 e. The predicted octanol–water partition coefficient (Wildman–Crippen LogP) is 3.61. The number of ether oxygens (including phenoxy) is 4. The quantitative estimate of drug-likeness (QED) is 0.820. The zero-order chi connectivity index (χ0) is 18.4. The highest BCUT2D eigenvalue weighted by Gasteiger charge is 2.32. The Kier molecular flexibility index (Phi) is 5.97. The lowest BCUT2D eigenvalue weighted by molar-refractivity contribution is -0.275. The van der Waals surface area contributed by atoms with Crippen molar-refractivity contribution in [3.63, 3.8) is 0 Å². The summed E-state index contributed by atoms with van der Waals surface area (Å²) in [6, 6.07) is 9.33. The van der Waals surface area contributed by atoms with Crippen LogP contribution < -0.4 is 24.7 Å². The third-order valence-corrected chi connectivity index (χ3v) is 3.26. The molecule has 0 atom stereocenters. The highest BCUT2D eigenvalue weighted by atomic mass is 19.4. The molecule has 0 unspecified atom stereocenters. The summed E-state index contributed by atoms with van der Waals surface area (Å²) in [4.78, 5) is 0. The lowest BCUT2D eigenvalue weighted by Gasteiger charge is -2.17. The van der Waals surface area contributed by atoms with Gasteiger partial charge >= 0.3 is 6.36 Å². The van der Waals surface area contributed by atoms with Crippen LogP contribution in [0.4, 0.5) is 13.2 Å². The van der Waals surface area contributed by atoms with Crippen molar-refractivity contribution in [2.75, 3.05) is 27.4 Å². The summed E-state index contributed by atoms with van der Waals surface area (Å²) >= 11 is 0. The number of methoxy groups -OCH3 is 2. The molecule has 0 aliphatic carbocycles. The molecular formula is C17H18F3NO4. The fourth-order valence-electron chi connectivity index (χ4n) is 2.28. The van der Waals surface area contributed by atoms with E-state index in [4.69, 9.17) is 19.9 Å². The number of rotatable bonds is 7. The molecule has 8 heteroatoms. The summed E-state index contributed by atoms with van der Waals surface area (Å²) in [6.45, 7) is 0.199. The third-order valence-electron chi connectivity index (χ3n) is 3.26. The monoisotopic (exact) mass is 357 g/mol. The number of para-hydroxylation sites is 1. The van der Waals surface area contributed by atoms with Gasteiger partial charge in [0.1, 0.15) is 6.61 Å². The molecule has 25 heavy (non-hydrogen) atoms. The van der Waals surface area contributed by atoms with Gasteiger partial charge in [-0.1, -0.05) is 18.2 Å². The molecule has 0 heterocycles. The van der Waals surface area contributed by atoms with Gasteiger partial charge in [-0.25, -0.2) is 0 Å². The molecule has 0 saturated carbocycles. The van der Waals surface area contributed by atoms with E-state index < -0.39 is 12.1 Å². The Bertz CT molecular complexity index is 720. The maximum absolute atomic E-state index is 12.5. The lowest BCUT2D eigenvalue weighted by atomic mass is 10.0. The van der Waals surface area contributed by atoms with Gasteiger partial charge in [-0.15, -0.1) is 13.2 Å². The van der Waals surface area contributed by atoms with E-state index in [1.165, 1.54) is 32.4 Å². The summed E-state index contributed by atoms with van der Waals surface area (Å²) in [5.74, 6) is 0.455. The zero-order valence-electron chi connectivity index (χ0n) is 13.7. The summed E-state index contributed by atoms with van der Waals surface area (Å²) in [7, 11) is 2.98. The molecule has 0 radical (unpaired) electrons. The molecule has 0 aliphatic heterocycles. The highest BCUT2D eigenvalue weighted by Crippen LogP contribution is 2.41. The van der Waals surface area contributed by atoms with Gasteiger partial charge in [0, 0.05) is 12.1 Å². The van der Waals surface area contributed by atoms with Crippen molar-refractivity contribution in [1.82, 2.24) is 0 Å². The Balaban J connectivity index is 2.49. The van der Waals surface area contributed by atoms with Gasteiger partial charge in [-0.3, -0.25) is 0 Å². The van der Waals surface area contributed by atoms with Crippen LogP contribution in [0, 0.1) is 0 Å². The van der Waals surface area contributed by atoms with Crippen LogP contribution in [0.25, 0.3) is 11.1 Å².